The molecule has 1 aliphatic carbocycles. The van der Waals surface area contributed by atoms with Gasteiger partial charge < -0.3 is 9.80 Å². The Morgan fingerprint density at radius 1 is 1.00 bits per heavy atom. The number of imide groups is 1. The van der Waals surface area contributed by atoms with Gasteiger partial charge in [0.05, 0.1) is 0 Å². The maximum absolute atomic E-state index is 13.7. The van der Waals surface area contributed by atoms with E-state index >= 15 is 0 Å². The van der Waals surface area contributed by atoms with Crippen LogP contribution in [0.25, 0.3) is 0 Å². The average Bonchev–Trinajstić information content (AvgIpc) is 3.63. The van der Waals surface area contributed by atoms with Gasteiger partial charge in [0.15, 0.2) is 0 Å². The lowest BCUT2D eigenvalue weighted by Gasteiger charge is -2.48. The summed E-state index contributed by atoms with van der Waals surface area (Å²) in [7, 11) is 1.64. The predicted molar refractivity (Wildman–Crippen MR) is 146 cm³/mol. The zero-order valence-corrected chi connectivity index (χ0v) is 23.6. The Bertz CT molecular complexity index is 1080. The van der Waals surface area contributed by atoms with Gasteiger partial charge in [0.25, 0.3) is 5.91 Å². The second-order valence-electron chi connectivity index (χ2n) is 13.4. The third-order valence-corrected chi connectivity index (χ3v) is 10.7. The third kappa shape index (κ3) is 3.90. The first-order valence-electron chi connectivity index (χ1n) is 14.9. The Balaban J connectivity index is 1.24. The van der Waals surface area contributed by atoms with Crippen LogP contribution in [0.5, 0.6) is 0 Å². The van der Waals surface area contributed by atoms with Gasteiger partial charge in [0.1, 0.15) is 5.54 Å². The van der Waals surface area contributed by atoms with Gasteiger partial charge in [0, 0.05) is 56.1 Å². The van der Waals surface area contributed by atoms with E-state index in [1.54, 1.807) is 7.05 Å². The van der Waals surface area contributed by atoms with Gasteiger partial charge in [-0.3, -0.25) is 19.4 Å². The Morgan fingerprint density at radius 3 is 2.24 bits per heavy atom. The molecule has 6 rings (SSSR count). The van der Waals surface area contributed by atoms with Crippen LogP contribution in [-0.2, 0) is 9.59 Å². The minimum absolute atomic E-state index is 0.00355. The number of hydrogen-bond donors (Lipinski definition) is 0. The van der Waals surface area contributed by atoms with E-state index in [-0.39, 0.29) is 23.4 Å². The lowest BCUT2D eigenvalue weighted by Crippen LogP contribution is -2.62. The fourth-order valence-electron chi connectivity index (χ4n) is 8.87. The molecule has 1 aromatic carbocycles. The fourth-order valence-corrected chi connectivity index (χ4v) is 8.87. The summed E-state index contributed by atoms with van der Waals surface area (Å²) in [6.45, 7) is 8.79. The number of likely N-dealkylation sites (N-methyl/N-ethyl adjacent to an activating group) is 1. The molecule has 0 radical (unpaired) electrons. The monoisotopic (exact) mass is 520 g/mol. The number of carbonyl (C=O) groups is 3. The maximum atomic E-state index is 13.7. The standard InChI is InChI=1S/C31H44N4O3/c1-21(2)35-29(38)32(4)28(37)31(35)16-24-12-13-25(17-31)34(24)19-23-18-33(27(36)30(3)14-8-9-15-30)20-26(23)22-10-6-5-7-11-22/h5-7,10-11,21,23-26H,8-9,12-20H2,1-4H3/t23-,24?,25?,26-,31?/m1/s1. The predicted octanol–water partition coefficient (Wildman–Crippen LogP) is 4.48. The Hall–Kier alpha value is -2.41. The Labute approximate surface area is 227 Å². The summed E-state index contributed by atoms with van der Waals surface area (Å²) in [6.07, 6.45) is 7.93. The van der Waals surface area contributed by atoms with Crippen molar-refractivity contribution in [2.24, 2.45) is 11.3 Å². The number of nitrogens with zero attached hydrogens (tertiary/aromatic N) is 4. The lowest BCUT2D eigenvalue weighted by molar-refractivity contribution is -0.140. The van der Waals surface area contributed by atoms with E-state index in [0.29, 0.717) is 29.8 Å². The van der Waals surface area contributed by atoms with Crippen LogP contribution in [0.2, 0.25) is 0 Å². The van der Waals surface area contributed by atoms with Crippen molar-refractivity contribution in [1.29, 1.82) is 0 Å². The van der Waals surface area contributed by atoms with Gasteiger partial charge in [-0.1, -0.05) is 50.1 Å². The number of amides is 4. The molecular weight excluding hydrogens is 476 g/mol. The molecule has 4 atom stereocenters. The first-order chi connectivity index (χ1) is 18.1. The molecule has 5 fully saturated rings. The van der Waals surface area contributed by atoms with Gasteiger partial charge in [-0.05, 0) is 63.9 Å². The molecule has 4 saturated heterocycles. The van der Waals surface area contributed by atoms with Crippen molar-refractivity contribution in [1.82, 2.24) is 19.6 Å². The van der Waals surface area contributed by atoms with Crippen LogP contribution in [-0.4, -0.2) is 87.8 Å². The number of rotatable bonds is 5. The number of benzene rings is 1. The van der Waals surface area contributed by atoms with E-state index in [1.165, 1.54) is 10.5 Å². The molecule has 2 bridgehead atoms. The van der Waals surface area contributed by atoms with Crippen LogP contribution in [0.4, 0.5) is 4.79 Å². The highest BCUT2D eigenvalue weighted by Gasteiger charge is 2.63. The molecule has 1 spiro atoms. The highest BCUT2D eigenvalue weighted by atomic mass is 16.2. The summed E-state index contributed by atoms with van der Waals surface area (Å²) in [5, 5.41) is 0. The number of likely N-dealkylation sites (tertiary alicyclic amines) is 1. The molecule has 7 heteroatoms. The summed E-state index contributed by atoms with van der Waals surface area (Å²) in [5.41, 5.74) is 0.430. The quantitative estimate of drug-likeness (QED) is 0.537. The number of carbonyl (C=O) groups excluding carboxylic acids is 3. The van der Waals surface area contributed by atoms with Gasteiger partial charge in [-0.25, -0.2) is 4.79 Å². The van der Waals surface area contributed by atoms with Crippen molar-refractivity contribution in [3.8, 4) is 0 Å². The fraction of sp³-hybridized carbons (Fsp3) is 0.710. The van der Waals surface area contributed by atoms with E-state index in [1.807, 2.05) is 18.7 Å². The van der Waals surface area contributed by atoms with Gasteiger partial charge in [0.2, 0.25) is 5.91 Å². The molecule has 0 N–H and O–H groups in total. The molecule has 1 aromatic rings. The van der Waals surface area contributed by atoms with Crippen molar-refractivity contribution >= 4 is 17.8 Å². The molecule has 206 valence electrons. The molecule has 38 heavy (non-hydrogen) atoms. The van der Waals surface area contributed by atoms with Crippen molar-refractivity contribution < 1.29 is 14.4 Å². The highest BCUT2D eigenvalue weighted by molar-refractivity contribution is 6.07. The normalized spacial score (nSPS) is 34.9. The zero-order chi connectivity index (χ0) is 26.8. The molecule has 0 aromatic heterocycles. The summed E-state index contributed by atoms with van der Waals surface area (Å²) in [5.74, 6) is 1.03. The number of urea groups is 1. The SMILES string of the molecule is CC(C)N1C(=O)N(C)C(=O)C12CC1CCC(C2)N1C[C@H]1CN(C(=O)C2(C)CCCC2)C[C@@H]1c1ccccc1. The molecule has 4 heterocycles. The molecule has 1 saturated carbocycles. The minimum atomic E-state index is -0.699. The molecule has 2 unspecified atom stereocenters. The largest absolute Gasteiger partial charge is 0.341 e. The summed E-state index contributed by atoms with van der Waals surface area (Å²) >= 11 is 0. The molecule has 5 aliphatic rings. The number of piperidine rings is 1. The van der Waals surface area contributed by atoms with Crippen LogP contribution in [0.1, 0.15) is 83.6 Å². The van der Waals surface area contributed by atoms with E-state index in [9.17, 15) is 14.4 Å². The van der Waals surface area contributed by atoms with E-state index < -0.39 is 5.54 Å². The molecule has 7 nitrogen and oxygen atoms in total. The Morgan fingerprint density at radius 2 is 1.63 bits per heavy atom. The summed E-state index contributed by atoms with van der Waals surface area (Å²) in [4.78, 5) is 48.3. The zero-order valence-electron chi connectivity index (χ0n) is 23.6. The first-order valence-corrected chi connectivity index (χ1v) is 14.9. The lowest BCUT2D eigenvalue weighted by atomic mass is 9.79. The summed E-state index contributed by atoms with van der Waals surface area (Å²) < 4.78 is 0. The van der Waals surface area contributed by atoms with Crippen molar-refractivity contribution in [2.45, 2.75) is 102 Å². The van der Waals surface area contributed by atoms with Crippen LogP contribution in [0.3, 0.4) is 0 Å². The topological polar surface area (TPSA) is 64.2 Å². The van der Waals surface area contributed by atoms with Gasteiger partial charge in [-0.2, -0.15) is 0 Å². The van der Waals surface area contributed by atoms with Crippen LogP contribution < -0.4 is 0 Å². The third-order valence-electron chi connectivity index (χ3n) is 10.7. The summed E-state index contributed by atoms with van der Waals surface area (Å²) in [6, 6.07) is 11.2. The maximum Gasteiger partial charge on any atom is 0.327 e. The first kappa shape index (κ1) is 25.8. The van der Waals surface area contributed by atoms with Crippen LogP contribution in [0, 0.1) is 11.3 Å². The number of hydrogen-bond acceptors (Lipinski definition) is 4. The highest BCUT2D eigenvalue weighted by Crippen LogP contribution is 2.49. The molecular formula is C31H44N4O3. The minimum Gasteiger partial charge on any atom is -0.341 e. The number of fused-ring (bicyclic) bond motifs is 2. The van der Waals surface area contributed by atoms with E-state index in [0.717, 1.165) is 71.0 Å². The van der Waals surface area contributed by atoms with Crippen LogP contribution >= 0.6 is 0 Å². The molecule has 4 amide bonds. The second kappa shape index (κ2) is 9.35. The Kier molecular flexibility index (Phi) is 6.36. The second-order valence-corrected chi connectivity index (χ2v) is 13.4. The average molecular weight is 521 g/mol. The van der Waals surface area contributed by atoms with E-state index in [4.69, 9.17) is 0 Å². The van der Waals surface area contributed by atoms with Crippen molar-refractivity contribution in [3.05, 3.63) is 35.9 Å². The van der Waals surface area contributed by atoms with Gasteiger partial charge in [-0.15, -0.1) is 0 Å². The van der Waals surface area contributed by atoms with Crippen molar-refractivity contribution in [2.75, 3.05) is 26.7 Å². The molecule has 4 aliphatic heterocycles. The van der Waals surface area contributed by atoms with Crippen molar-refractivity contribution in [3.63, 3.8) is 0 Å². The smallest absolute Gasteiger partial charge is 0.327 e. The van der Waals surface area contributed by atoms with Gasteiger partial charge >= 0.3 is 6.03 Å². The van der Waals surface area contributed by atoms with E-state index in [2.05, 4.69) is 47.1 Å². The van der Waals surface area contributed by atoms with Crippen LogP contribution in [0.15, 0.2) is 30.3 Å².